The van der Waals surface area contributed by atoms with E-state index in [1.165, 1.54) is 0 Å². The molecule has 2 amide bonds. The number of carbonyl (C=O) groups excluding carboxylic acids is 2. The summed E-state index contributed by atoms with van der Waals surface area (Å²) in [5.74, 6) is 0.801. The van der Waals surface area contributed by atoms with Crippen molar-refractivity contribution in [2.24, 2.45) is 5.92 Å². The summed E-state index contributed by atoms with van der Waals surface area (Å²) in [7, 11) is 0. The molecule has 0 saturated carbocycles. The number of nitrogens with one attached hydrogen (secondary N) is 2. The fourth-order valence-electron chi connectivity index (χ4n) is 2.46. The molecule has 5 heteroatoms. The summed E-state index contributed by atoms with van der Waals surface area (Å²) in [5, 5.41) is 5.73. The van der Waals surface area contributed by atoms with Crippen molar-refractivity contribution >= 4 is 23.2 Å². The van der Waals surface area contributed by atoms with E-state index < -0.39 is 0 Å². The predicted molar refractivity (Wildman–Crippen MR) is 109 cm³/mol. The third-order valence-electron chi connectivity index (χ3n) is 4.18. The smallest absolute Gasteiger partial charge is 0.259 e. The van der Waals surface area contributed by atoms with Gasteiger partial charge in [-0.05, 0) is 49.1 Å². The van der Waals surface area contributed by atoms with E-state index in [1.807, 2.05) is 31.2 Å². The van der Waals surface area contributed by atoms with Gasteiger partial charge in [-0.1, -0.05) is 39.0 Å². The van der Waals surface area contributed by atoms with Crippen LogP contribution in [0.5, 0.6) is 5.75 Å². The lowest BCUT2D eigenvalue weighted by Crippen LogP contribution is -2.15. The average molecular weight is 368 g/mol. The van der Waals surface area contributed by atoms with Crippen LogP contribution in [0.3, 0.4) is 0 Å². The van der Waals surface area contributed by atoms with E-state index in [4.69, 9.17) is 4.74 Å². The first kappa shape index (κ1) is 20.5. The minimum atomic E-state index is -0.244. The molecule has 0 heterocycles. The van der Waals surface area contributed by atoms with Crippen molar-refractivity contribution in [3.05, 3.63) is 53.6 Å². The SMILES string of the molecule is CCC(=O)Nc1cc(NC(=O)c2ccccc2OCCC(C)C)ccc1C. The zero-order valence-corrected chi connectivity index (χ0v) is 16.5. The molecule has 2 N–H and O–H groups in total. The van der Waals surface area contributed by atoms with E-state index in [2.05, 4.69) is 24.5 Å². The summed E-state index contributed by atoms with van der Waals surface area (Å²) < 4.78 is 5.80. The Labute approximate surface area is 161 Å². The Balaban J connectivity index is 2.13. The molecule has 0 aliphatic carbocycles. The molecule has 0 fully saturated rings. The quantitative estimate of drug-likeness (QED) is 0.687. The summed E-state index contributed by atoms with van der Waals surface area (Å²) in [6, 6.07) is 12.7. The van der Waals surface area contributed by atoms with E-state index in [9.17, 15) is 9.59 Å². The third-order valence-corrected chi connectivity index (χ3v) is 4.18. The Morgan fingerprint density at radius 3 is 2.52 bits per heavy atom. The summed E-state index contributed by atoms with van der Waals surface area (Å²) in [5.41, 5.74) is 2.74. The monoisotopic (exact) mass is 368 g/mol. The van der Waals surface area contributed by atoms with Gasteiger partial charge in [0.15, 0.2) is 0 Å². The lowest BCUT2D eigenvalue weighted by atomic mass is 10.1. The number of para-hydroxylation sites is 1. The van der Waals surface area contributed by atoms with Gasteiger partial charge in [-0.2, -0.15) is 0 Å². The zero-order valence-electron chi connectivity index (χ0n) is 16.5. The Bertz CT molecular complexity index is 800. The van der Waals surface area contributed by atoms with Gasteiger partial charge in [0.1, 0.15) is 5.75 Å². The number of amides is 2. The molecule has 0 unspecified atom stereocenters. The summed E-state index contributed by atoms with van der Waals surface area (Å²) in [4.78, 5) is 24.4. The molecule has 27 heavy (non-hydrogen) atoms. The standard InChI is InChI=1S/C22H28N2O3/c1-5-21(25)24-19-14-17(11-10-16(19)4)23-22(26)18-8-6-7-9-20(18)27-13-12-15(2)3/h6-11,14-15H,5,12-13H2,1-4H3,(H,23,26)(H,24,25). The van der Waals surface area contributed by atoms with E-state index in [0.29, 0.717) is 41.6 Å². The highest BCUT2D eigenvalue weighted by Gasteiger charge is 2.13. The van der Waals surface area contributed by atoms with E-state index in [1.54, 1.807) is 25.1 Å². The molecular formula is C22H28N2O3. The van der Waals surface area contributed by atoms with Gasteiger partial charge in [-0.25, -0.2) is 0 Å². The van der Waals surface area contributed by atoms with Crippen LogP contribution in [0.2, 0.25) is 0 Å². The van der Waals surface area contributed by atoms with Gasteiger partial charge in [0.05, 0.1) is 12.2 Å². The number of benzene rings is 2. The molecule has 0 bridgehead atoms. The first-order chi connectivity index (χ1) is 12.9. The molecule has 0 aromatic heterocycles. The number of aryl methyl sites for hydroxylation is 1. The van der Waals surface area contributed by atoms with Crippen molar-refractivity contribution < 1.29 is 14.3 Å². The van der Waals surface area contributed by atoms with Crippen LogP contribution in [0.25, 0.3) is 0 Å². The second-order valence-corrected chi connectivity index (χ2v) is 6.91. The number of hydrogen-bond donors (Lipinski definition) is 2. The highest BCUT2D eigenvalue weighted by Crippen LogP contribution is 2.23. The van der Waals surface area contributed by atoms with Gasteiger partial charge >= 0.3 is 0 Å². The molecule has 2 rings (SSSR count). The van der Waals surface area contributed by atoms with Crippen LogP contribution in [0, 0.1) is 12.8 Å². The van der Waals surface area contributed by atoms with E-state index >= 15 is 0 Å². The highest BCUT2D eigenvalue weighted by molar-refractivity contribution is 6.06. The molecule has 0 atom stereocenters. The fraction of sp³-hybridized carbons (Fsp3) is 0.364. The number of carbonyl (C=O) groups is 2. The Morgan fingerprint density at radius 2 is 1.81 bits per heavy atom. The normalized spacial score (nSPS) is 10.6. The average Bonchev–Trinajstić information content (AvgIpc) is 2.64. The molecule has 0 aliphatic heterocycles. The summed E-state index contributed by atoms with van der Waals surface area (Å²) in [6.45, 7) is 8.55. The van der Waals surface area contributed by atoms with Crippen molar-refractivity contribution in [3.8, 4) is 5.75 Å². The lowest BCUT2D eigenvalue weighted by molar-refractivity contribution is -0.115. The van der Waals surface area contributed by atoms with Crippen LogP contribution in [-0.4, -0.2) is 18.4 Å². The maximum Gasteiger partial charge on any atom is 0.259 e. The van der Waals surface area contributed by atoms with Gasteiger partial charge in [0, 0.05) is 17.8 Å². The molecule has 2 aromatic carbocycles. The molecule has 0 spiro atoms. The summed E-state index contributed by atoms with van der Waals surface area (Å²) >= 11 is 0. The maximum atomic E-state index is 12.7. The van der Waals surface area contributed by atoms with Crippen LogP contribution >= 0.6 is 0 Å². The molecule has 5 nitrogen and oxygen atoms in total. The van der Waals surface area contributed by atoms with Crippen molar-refractivity contribution in [2.45, 2.75) is 40.5 Å². The van der Waals surface area contributed by atoms with Gasteiger partial charge in [-0.15, -0.1) is 0 Å². The predicted octanol–water partition coefficient (Wildman–Crippen LogP) is 5.02. The second-order valence-electron chi connectivity index (χ2n) is 6.91. The van der Waals surface area contributed by atoms with Crippen LogP contribution < -0.4 is 15.4 Å². The van der Waals surface area contributed by atoms with Crippen molar-refractivity contribution in [1.29, 1.82) is 0 Å². The molecule has 144 valence electrons. The fourth-order valence-corrected chi connectivity index (χ4v) is 2.46. The molecule has 0 radical (unpaired) electrons. The number of ether oxygens (including phenoxy) is 1. The van der Waals surface area contributed by atoms with Crippen LogP contribution in [0.4, 0.5) is 11.4 Å². The summed E-state index contributed by atoms with van der Waals surface area (Å²) in [6.07, 6.45) is 1.32. The molecule has 2 aromatic rings. The van der Waals surface area contributed by atoms with Gasteiger partial charge < -0.3 is 15.4 Å². The minimum Gasteiger partial charge on any atom is -0.493 e. The number of anilines is 2. The van der Waals surface area contributed by atoms with E-state index in [-0.39, 0.29) is 11.8 Å². The van der Waals surface area contributed by atoms with Crippen LogP contribution in [-0.2, 0) is 4.79 Å². The van der Waals surface area contributed by atoms with Crippen molar-refractivity contribution in [2.75, 3.05) is 17.2 Å². The zero-order chi connectivity index (χ0) is 19.8. The van der Waals surface area contributed by atoms with Crippen molar-refractivity contribution in [3.63, 3.8) is 0 Å². The number of rotatable bonds is 8. The first-order valence-corrected chi connectivity index (χ1v) is 9.34. The van der Waals surface area contributed by atoms with Gasteiger partial charge in [0.2, 0.25) is 5.91 Å². The first-order valence-electron chi connectivity index (χ1n) is 9.34. The molecular weight excluding hydrogens is 340 g/mol. The lowest BCUT2D eigenvalue weighted by Gasteiger charge is -2.14. The largest absolute Gasteiger partial charge is 0.493 e. The van der Waals surface area contributed by atoms with Gasteiger partial charge in [0.25, 0.3) is 5.91 Å². The Morgan fingerprint density at radius 1 is 1.07 bits per heavy atom. The Hall–Kier alpha value is -2.82. The van der Waals surface area contributed by atoms with Crippen molar-refractivity contribution in [1.82, 2.24) is 0 Å². The highest BCUT2D eigenvalue weighted by atomic mass is 16.5. The Kier molecular flexibility index (Phi) is 7.41. The minimum absolute atomic E-state index is 0.0644. The molecule has 0 saturated heterocycles. The third kappa shape index (κ3) is 6.13. The molecule has 0 aliphatic rings. The maximum absolute atomic E-state index is 12.7. The second kappa shape index (κ2) is 9.76. The number of hydrogen-bond acceptors (Lipinski definition) is 3. The van der Waals surface area contributed by atoms with Crippen LogP contribution in [0.15, 0.2) is 42.5 Å². The van der Waals surface area contributed by atoms with Crippen LogP contribution in [0.1, 0.15) is 49.5 Å². The van der Waals surface area contributed by atoms with E-state index in [0.717, 1.165) is 12.0 Å². The topological polar surface area (TPSA) is 67.4 Å². The van der Waals surface area contributed by atoms with Gasteiger partial charge in [-0.3, -0.25) is 9.59 Å².